The van der Waals surface area contributed by atoms with Crippen molar-refractivity contribution in [3.63, 3.8) is 0 Å². The van der Waals surface area contributed by atoms with Gasteiger partial charge < -0.3 is 25.2 Å². The molecule has 6 nitrogen and oxygen atoms in total. The van der Waals surface area contributed by atoms with Crippen molar-refractivity contribution in [2.75, 3.05) is 19.8 Å². The second kappa shape index (κ2) is 5.99. The summed E-state index contributed by atoms with van der Waals surface area (Å²) < 4.78 is 1.77. The van der Waals surface area contributed by atoms with E-state index in [-0.39, 0.29) is 6.04 Å². The number of amides is 1. The molecule has 102 valence electrons. The standard InChI is InChI=1S/C12H20N2O4/c1-9(2)14-5-3-4-10(14)11(18)13-12(6-15,7-16)8-17/h3-5,9,15-17H,6-8H2,1-2H3,(H,13,18). The molecule has 0 aliphatic heterocycles. The summed E-state index contributed by atoms with van der Waals surface area (Å²) in [5, 5.41) is 29.9. The minimum absolute atomic E-state index is 0.118. The fourth-order valence-corrected chi connectivity index (χ4v) is 1.61. The maximum atomic E-state index is 12.1. The van der Waals surface area contributed by atoms with Crippen LogP contribution in [0.15, 0.2) is 18.3 Å². The van der Waals surface area contributed by atoms with E-state index in [9.17, 15) is 4.79 Å². The van der Waals surface area contributed by atoms with Gasteiger partial charge in [-0.15, -0.1) is 0 Å². The van der Waals surface area contributed by atoms with E-state index in [4.69, 9.17) is 15.3 Å². The monoisotopic (exact) mass is 256 g/mol. The lowest BCUT2D eigenvalue weighted by Gasteiger charge is -2.29. The van der Waals surface area contributed by atoms with Gasteiger partial charge in [0.1, 0.15) is 11.2 Å². The molecule has 0 aromatic carbocycles. The van der Waals surface area contributed by atoms with Gasteiger partial charge in [0.15, 0.2) is 0 Å². The van der Waals surface area contributed by atoms with Gasteiger partial charge in [-0.3, -0.25) is 4.79 Å². The number of aliphatic hydroxyl groups excluding tert-OH is 3. The summed E-state index contributed by atoms with van der Waals surface area (Å²) in [4.78, 5) is 12.1. The van der Waals surface area contributed by atoms with E-state index in [2.05, 4.69) is 5.32 Å². The Labute approximate surface area is 106 Å². The largest absolute Gasteiger partial charge is 0.394 e. The van der Waals surface area contributed by atoms with Gasteiger partial charge in [-0.05, 0) is 26.0 Å². The average Bonchev–Trinajstić information content (AvgIpc) is 2.85. The van der Waals surface area contributed by atoms with Gasteiger partial charge in [-0.1, -0.05) is 0 Å². The van der Waals surface area contributed by atoms with Crippen LogP contribution >= 0.6 is 0 Å². The van der Waals surface area contributed by atoms with E-state index in [0.717, 1.165) is 0 Å². The van der Waals surface area contributed by atoms with Crippen LogP contribution in [-0.2, 0) is 0 Å². The number of nitrogens with zero attached hydrogens (tertiary/aromatic N) is 1. The Hall–Kier alpha value is -1.37. The summed E-state index contributed by atoms with van der Waals surface area (Å²) in [7, 11) is 0. The van der Waals surface area contributed by atoms with E-state index in [0.29, 0.717) is 5.69 Å². The van der Waals surface area contributed by atoms with Crippen molar-refractivity contribution in [1.82, 2.24) is 9.88 Å². The van der Waals surface area contributed by atoms with Gasteiger partial charge in [0.25, 0.3) is 5.91 Å². The molecule has 0 bridgehead atoms. The predicted octanol–water partition coefficient (Wildman–Crippen LogP) is -0.485. The smallest absolute Gasteiger partial charge is 0.268 e. The summed E-state index contributed by atoms with van der Waals surface area (Å²) >= 11 is 0. The first-order valence-electron chi connectivity index (χ1n) is 5.81. The van der Waals surface area contributed by atoms with E-state index in [1.54, 1.807) is 22.9 Å². The lowest BCUT2D eigenvalue weighted by molar-refractivity contribution is 0.0371. The molecule has 0 saturated heterocycles. The molecule has 1 aromatic heterocycles. The molecule has 0 aliphatic rings. The third kappa shape index (κ3) is 2.90. The van der Waals surface area contributed by atoms with Gasteiger partial charge in [0.2, 0.25) is 0 Å². The van der Waals surface area contributed by atoms with Crippen LogP contribution in [0.2, 0.25) is 0 Å². The molecule has 0 spiro atoms. The molecule has 1 rings (SSSR count). The van der Waals surface area contributed by atoms with Crippen LogP contribution in [0.3, 0.4) is 0 Å². The highest BCUT2D eigenvalue weighted by Crippen LogP contribution is 2.12. The topological polar surface area (TPSA) is 94.7 Å². The van der Waals surface area contributed by atoms with Crippen LogP contribution in [0.25, 0.3) is 0 Å². The number of carbonyl (C=O) groups is 1. The average molecular weight is 256 g/mol. The van der Waals surface area contributed by atoms with Crippen molar-refractivity contribution in [1.29, 1.82) is 0 Å². The molecule has 1 heterocycles. The third-order valence-corrected chi connectivity index (χ3v) is 2.85. The van der Waals surface area contributed by atoms with Crippen LogP contribution in [-0.4, -0.2) is 51.2 Å². The van der Waals surface area contributed by atoms with Crippen molar-refractivity contribution in [3.8, 4) is 0 Å². The van der Waals surface area contributed by atoms with Gasteiger partial charge in [0, 0.05) is 12.2 Å². The Balaban J connectivity index is 2.91. The minimum Gasteiger partial charge on any atom is -0.394 e. The first-order chi connectivity index (χ1) is 8.49. The Bertz CT molecular complexity index is 388. The fraction of sp³-hybridized carbons (Fsp3) is 0.583. The summed E-state index contributed by atoms with van der Waals surface area (Å²) in [5.74, 6) is -0.439. The Kier molecular flexibility index (Phi) is 4.89. The highest BCUT2D eigenvalue weighted by atomic mass is 16.3. The summed E-state index contributed by atoms with van der Waals surface area (Å²) in [5.41, 5.74) is -0.979. The van der Waals surface area contributed by atoms with Gasteiger partial charge in [-0.2, -0.15) is 0 Å². The van der Waals surface area contributed by atoms with E-state index < -0.39 is 31.3 Å². The second-order valence-corrected chi connectivity index (χ2v) is 4.60. The number of hydrogen-bond donors (Lipinski definition) is 4. The van der Waals surface area contributed by atoms with Crippen LogP contribution < -0.4 is 5.32 Å². The molecule has 0 unspecified atom stereocenters. The van der Waals surface area contributed by atoms with Crippen molar-refractivity contribution in [3.05, 3.63) is 24.0 Å². The second-order valence-electron chi connectivity index (χ2n) is 4.60. The molecular weight excluding hydrogens is 236 g/mol. The Morgan fingerprint density at radius 1 is 1.33 bits per heavy atom. The Morgan fingerprint density at radius 2 is 1.89 bits per heavy atom. The Morgan fingerprint density at radius 3 is 2.33 bits per heavy atom. The maximum absolute atomic E-state index is 12.1. The van der Waals surface area contributed by atoms with Gasteiger partial charge >= 0.3 is 0 Å². The van der Waals surface area contributed by atoms with E-state index in [1.807, 2.05) is 13.8 Å². The molecule has 18 heavy (non-hydrogen) atoms. The molecule has 0 saturated carbocycles. The number of rotatable bonds is 6. The maximum Gasteiger partial charge on any atom is 0.268 e. The van der Waals surface area contributed by atoms with Crippen LogP contribution in [0.5, 0.6) is 0 Å². The number of carbonyl (C=O) groups excluding carboxylic acids is 1. The van der Waals surface area contributed by atoms with Crippen LogP contribution in [0, 0.1) is 0 Å². The number of aromatic nitrogens is 1. The van der Waals surface area contributed by atoms with Crippen molar-refractivity contribution < 1.29 is 20.1 Å². The highest BCUT2D eigenvalue weighted by Gasteiger charge is 2.31. The zero-order valence-corrected chi connectivity index (χ0v) is 10.6. The molecule has 0 atom stereocenters. The van der Waals surface area contributed by atoms with Gasteiger partial charge in [0.05, 0.1) is 19.8 Å². The number of nitrogens with one attached hydrogen (secondary N) is 1. The molecule has 0 aliphatic carbocycles. The molecule has 0 fully saturated rings. The first-order valence-corrected chi connectivity index (χ1v) is 5.81. The summed E-state index contributed by atoms with van der Waals surface area (Å²) in [6, 6.07) is 3.51. The fourth-order valence-electron chi connectivity index (χ4n) is 1.61. The van der Waals surface area contributed by atoms with Gasteiger partial charge in [-0.25, -0.2) is 0 Å². The van der Waals surface area contributed by atoms with Crippen molar-refractivity contribution in [2.24, 2.45) is 0 Å². The minimum atomic E-state index is -1.40. The van der Waals surface area contributed by atoms with Crippen molar-refractivity contribution in [2.45, 2.75) is 25.4 Å². The van der Waals surface area contributed by atoms with Crippen molar-refractivity contribution >= 4 is 5.91 Å². The summed E-state index contributed by atoms with van der Waals surface area (Å²) in [6.07, 6.45) is 1.78. The summed E-state index contributed by atoms with van der Waals surface area (Å²) in [6.45, 7) is 2.28. The van der Waals surface area contributed by atoms with E-state index in [1.165, 1.54) is 0 Å². The lowest BCUT2D eigenvalue weighted by atomic mass is 10.0. The van der Waals surface area contributed by atoms with Crippen LogP contribution in [0.4, 0.5) is 0 Å². The quantitative estimate of drug-likeness (QED) is 0.552. The lowest BCUT2D eigenvalue weighted by Crippen LogP contribution is -2.57. The zero-order chi connectivity index (χ0) is 13.8. The molecule has 4 N–H and O–H groups in total. The number of hydrogen-bond acceptors (Lipinski definition) is 4. The third-order valence-electron chi connectivity index (χ3n) is 2.85. The molecule has 1 amide bonds. The molecule has 1 aromatic rings. The van der Waals surface area contributed by atoms with Crippen LogP contribution in [0.1, 0.15) is 30.4 Å². The molecule has 0 radical (unpaired) electrons. The molecule has 6 heteroatoms. The SMILES string of the molecule is CC(C)n1cccc1C(=O)NC(CO)(CO)CO. The molecular formula is C12H20N2O4. The first kappa shape index (κ1) is 14.7. The van der Waals surface area contributed by atoms with E-state index >= 15 is 0 Å². The highest BCUT2D eigenvalue weighted by molar-refractivity contribution is 5.93. The predicted molar refractivity (Wildman–Crippen MR) is 66.3 cm³/mol. The normalized spacial score (nSPS) is 11.9. The zero-order valence-electron chi connectivity index (χ0n) is 10.6. The number of aliphatic hydroxyl groups is 3.